The highest BCUT2D eigenvalue weighted by Crippen LogP contribution is 2.59. The number of sulfonamides is 1. The summed E-state index contributed by atoms with van der Waals surface area (Å²) in [5, 5.41) is 12.5. The van der Waals surface area contributed by atoms with Crippen LogP contribution >= 0.6 is 0 Å². The molecule has 1 saturated heterocycles. The molecule has 3 atom stereocenters. The van der Waals surface area contributed by atoms with Gasteiger partial charge in [-0.3, -0.25) is 9.59 Å². The first-order valence-corrected chi connectivity index (χ1v) is 10.7. The zero-order valence-electron chi connectivity index (χ0n) is 15.5. The number of hydrogen-bond donors (Lipinski definition) is 2. The Labute approximate surface area is 159 Å². The molecule has 3 rings (SSSR count). The molecule has 2 aliphatic rings. The van der Waals surface area contributed by atoms with Gasteiger partial charge in [-0.25, -0.2) is 12.7 Å². The molecule has 2 fully saturated rings. The van der Waals surface area contributed by atoms with Gasteiger partial charge in [0.2, 0.25) is 22.3 Å². The van der Waals surface area contributed by atoms with Crippen LogP contribution in [0, 0.1) is 5.92 Å². The highest BCUT2D eigenvalue weighted by molar-refractivity contribution is 7.88. The Bertz CT molecular complexity index is 826. The number of piperidine rings is 1. The SMILES string of the molecule is CC(=O)NC[C@H](O)CN(C=O)c1ccc(C23CC2CN(S(C)(=O)=O)C3)cc1. The van der Waals surface area contributed by atoms with Crippen LogP contribution in [0.4, 0.5) is 5.69 Å². The van der Waals surface area contributed by atoms with Crippen molar-refractivity contribution in [3.63, 3.8) is 0 Å². The molecule has 1 aromatic carbocycles. The van der Waals surface area contributed by atoms with Gasteiger partial charge in [-0.15, -0.1) is 0 Å². The van der Waals surface area contributed by atoms with Gasteiger partial charge < -0.3 is 15.3 Å². The zero-order valence-corrected chi connectivity index (χ0v) is 16.3. The van der Waals surface area contributed by atoms with Crippen LogP contribution in [-0.4, -0.2) is 68.7 Å². The minimum atomic E-state index is -3.18. The number of nitrogens with one attached hydrogen (secondary N) is 1. The summed E-state index contributed by atoms with van der Waals surface area (Å²) in [5.41, 5.74) is 1.60. The van der Waals surface area contributed by atoms with E-state index in [1.165, 1.54) is 22.4 Å². The highest BCUT2D eigenvalue weighted by atomic mass is 32.2. The first-order valence-electron chi connectivity index (χ1n) is 8.86. The van der Waals surface area contributed by atoms with E-state index in [-0.39, 0.29) is 24.4 Å². The largest absolute Gasteiger partial charge is 0.389 e. The highest BCUT2D eigenvalue weighted by Gasteiger charge is 2.62. The number of rotatable bonds is 8. The Balaban J connectivity index is 1.66. The van der Waals surface area contributed by atoms with Gasteiger partial charge in [0.1, 0.15) is 0 Å². The number of benzene rings is 1. The monoisotopic (exact) mass is 395 g/mol. The van der Waals surface area contributed by atoms with Crippen LogP contribution in [0.3, 0.4) is 0 Å². The molecule has 8 nitrogen and oxygen atoms in total. The van der Waals surface area contributed by atoms with Gasteiger partial charge in [-0.2, -0.15) is 0 Å². The average molecular weight is 395 g/mol. The van der Waals surface area contributed by atoms with Crippen molar-refractivity contribution in [2.24, 2.45) is 5.92 Å². The van der Waals surface area contributed by atoms with Gasteiger partial charge in [-0.05, 0) is 30.0 Å². The molecule has 0 spiro atoms. The molecule has 1 heterocycles. The third-order valence-corrected chi connectivity index (χ3v) is 6.69. The number of anilines is 1. The van der Waals surface area contributed by atoms with Gasteiger partial charge in [0.15, 0.2) is 0 Å². The summed E-state index contributed by atoms with van der Waals surface area (Å²) >= 11 is 0. The number of amides is 2. The summed E-state index contributed by atoms with van der Waals surface area (Å²) in [6.45, 7) is 2.57. The van der Waals surface area contributed by atoms with Crippen molar-refractivity contribution < 1.29 is 23.1 Å². The normalized spacial score (nSPS) is 25.5. The lowest BCUT2D eigenvalue weighted by molar-refractivity contribution is -0.119. The zero-order chi connectivity index (χ0) is 19.8. The van der Waals surface area contributed by atoms with Crippen LogP contribution in [-0.2, 0) is 25.0 Å². The Kier molecular flexibility index (Phi) is 5.29. The second kappa shape index (κ2) is 7.21. The van der Waals surface area contributed by atoms with Crippen LogP contribution in [0.2, 0.25) is 0 Å². The van der Waals surface area contributed by atoms with Crippen molar-refractivity contribution >= 4 is 28.0 Å². The molecule has 2 amide bonds. The smallest absolute Gasteiger partial charge is 0.216 e. The molecule has 2 N–H and O–H groups in total. The molecule has 1 aromatic rings. The number of nitrogens with zero attached hydrogens (tertiary/aromatic N) is 2. The van der Waals surface area contributed by atoms with Gasteiger partial charge in [0.05, 0.1) is 18.9 Å². The maximum Gasteiger partial charge on any atom is 0.216 e. The third kappa shape index (κ3) is 4.15. The molecule has 9 heteroatoms. The number of aliphatic hydroxyl groups is 1. The van der Waals surface area contributed by atoms with E-state index in [2.05, 4.69) is 5.32 Å². The van der Waals surface area contributed by atoms with Crippen molar-refractivity contribution in [2.45, 2.75) is 24.9 Å². The summed E-state index contributed by atoms with van der Waals surface area (Å²) in [6, 6.07) is 7.47. The molecule has 1 aliphatic heterocycles. The van der Waals surface area contributed by atoms with E-state index in [4.69, 9.17) is 0 Å². The Morgan fingerprint density at radius 1 is 1.44 bits per heavy atom. The lowest BCUT2D eigenvalue weighted by atomic mass is 9.95. The number of hydrogen-bond acceptors (Lipinski definition) is 5. The minimum absolute atomic E-state index is 0.0682. The van der Waals surface area contributed by atoms with E-state index in [0.29, 0.717) is 31.1 Å². The minimum Gasteiger partial charge on any atom is -0.389 e. The van der Waals surface area contributed by atoms with E-state index in [1.807, 2.05) is 24.3 Å². The topological polar surface area (TPSA) is 107 Å². The Hall–Kier alpha value is -1.97. The summed E-state index contributed by atoms with van der Waals surface area (Å²) in [6.07, 6.45) is 1.99. The van der Waals surface area contributed by atoms with Crippen molar-refractivity contribution in [1.82, 2.24) is 9.62 Å². The first kappa shape index (κ1) is 19.8. The maximum absolute atomic E-state index is 11.8. The van der Waals surface area contributed by atoms with Crippen LogP contribution in [0.5, 0.6) is 0 Å². The standard InChI is InChI=1S/C18H25N3O5S/c1-13(23)19-8-17(24)10-20(12-22)16-5-3-14(4-6-16)18-7-15(18)9-21(11-18)27(2,25)26/h3-6,12,15,17,24H,7-11H2,1-2H3,(H,19,23)/t15?,17-,18?/m0/s1. The number of carbonyl (C=O) groups is 2. The fourth-order valence-electron chi connectivity index (χ4n) is 3.88. The van der Waals surface area contributed by atoms with E-state index >= 15 is 0 Å². The van der Waals surface area contributed by atoms with Gasteiger partial charge in [0.25, 0.3) is 0 Å². The lowest BCUT2D eigenvalue weighted by Gasteiger charge is -2.23. The quantitative estimate of drug-likeness (QED) is 0.587. The Morgan fingerprint density at radius 2 is 2.11 bits per heavy atom. The molecule has 0 aromatic heterocycles. The molecular weight excluding hydrogens is 370 g/mol. The van der Waals surface area contributed by atoms with Crippen LogP contribution < -0.4 is 10.2 Å². The van der Waals surface area contributed by atoms with Gasteiger partial charge in [0, 0.05) is 37.7 Å². The van der Waals surface area contributed by atoms with E-state index < -0.39 is 16.1 Å². The number of carbonyl (C=O) groups excluding carboxylic acids is 2. The summed E-state index contributed by atoms with van der Waals surface area (Å²) in [7, 11) is -3.18. The van der Waals surface area contributed by atoms with Gasteiger partial charge >= 0.3 is 0 Å². The van der Waals surface area contributed by atoms with Crippen molar-refractivity contribution in [2.75, 3.05) is 37.3 Å². The maximum atomic E-state index is 11.8. The fraction of sp³-hybridized carbons (Fsp3) is 0.556. The van der Waals surface area contributed by atoms with Crippen LogP contribution in [0.15, 0.2) is 24.3 Å². The Morgan fingerprint density at radius 3 is 2.63 bits per heavy atom. The summed E-state index contributed by atoms with van der Waals surface area (Å²) in [4.78, 5) is 23.7. The second-order valence-corrected chi connectivity index (χ2v) is 9.49. The first-order chi connectivity index (χ1) is 12.7. The molecule has 2 unspecified atom stereocenters. The molecule has 27 heavy (non-hydrogen) atoms. The number of aliphatic hydroxyl groups excluding tert-OH is 1. The van der Waals surface area contributed by atoms with Crippen molar-refractivity contribution in [3.8, 4) is 0 Å². The van der Waals surface area contributed by atoms with Crippen molar-refractivity contribution in [3.05, 3.63) is 29.8 Å². The predicted octanol–water partition coefficient (Wildman–Crippen LogP) is -0.321. The fourth-order valence-corrected chi connectivity index (χ4v) is 4.80. The van der Waals surface area contributed by atoms with E-state index in [9.17, 15) is 23.1 Å². The molecule has 1 aliphatic carbocycles. The molecule has 1 saturated carbocycles. The van der Waals surface area contributed by atoms with E-state index in [0.717, 1.165) is 12.0 Å². The lowest BCUT2D eigenvalue weighted by Crippen LogP contribution is -2.39. The second-order valence-electron chi connectivity index (χ2n) is 7.51. The summed E-state index contributed by atoms with van der Waals surface area (Å²) in [5.74, 6) is 0.105. The predicted molar refractivity (Wildman–Crippen MR) is 101 cm³/mol. The van der Waals surface area contributed by atoms with Crippen LogP contribution in [0.1, 0.15) is 18.9 Å². The molecule has 0 bridgehead atoms. The molecule has 0 radical (unpaired) electrons. The van der Waals surface area contributed by atoms with Crippen molar-refractivity contribution in [1.29, 1.82) is 0 Å². The molecule has 148 valence electrons. The summed E-state index contributed by atoms with van der Waals surface area (Å²) < 4.78 is 25.1. The molecular formula is C18H25N3O5S. The number of fused-ring (bicyclic) bond motifs is 1. The van der Waals surface area contributed by atoms with Crippen LogP contribution in [0.25, 0.3) is 0 Å². The average Bonchev–Trinajstić information content (AvgIpc) is 3.18. The third-order valence-electron chi connectivity index (χ3n) is 5.48. The van der Waals surface area contributed by atoms with E-state index in [1.54, 1.807) is 0 Å². The van der Waals surface area contributed by atoms with Gasteiger partial charge in [-0.1, -0.05) is 12.1 Å².